The molecular weight excluding hydrogens is 298 g/mol. The zero-order valence-corrected chi connectivity index (χ0v) is 13.5. The molecule has 0 aliphatic carbocycles. The van der Waals surface area contributed by atoms with Crippen LogP contribution in [0.25, 0.3) is 6.08 Å². The summed E-state index contributed by atoms with van der Waals surface area (Å²) in [6, 6.07) is 6.54. The van der Waals surface area contributed by atoms with Crippen molar-refractivity contribution in [3.63, 3.8) is 0 Å². The Bertz CT molecular complexity index is 577. The lowest BCUT2D eigenvalue weighted by molar-refractivity contribution is -0.150. The summed E-state index contributed by atoms with van der Waals surface area (Å²) in [6.45, 7) is 4.00. The predicted molar refractivity (Wildman–Crippen MR) is 85.7 cm³/mol. The van der Waals surface area contributed by atoms with Crippen LogP contribution in [0.15, 0.2) is 30.3 Å². The fourth-order valence-corrected chi connectivity index (χ4v) is 1.67. The molecule has 6 nitrogen and oxygen atoms in total. The number of hydrogen-bond acceptors (Lipinski definition) is 5. The molecule has 1 amide bonds. The lowest BCUT2D eigenvalue weighted by Gasteiger charge is -2.11. The van der Waals surface area contributed by atoms with Crippen LogP contribution in [0.3, 0.4) is 0 Å². The molecule has 0 bridgehead atoms. The van der Waals surface area contributed by atoms with E-state index in [0.717, 1.165) is 12.0 Å². The number of carbonyl (C=O) groups is 3. The van der Waals surface area contributed by atoms with E-state index >= 15 is 0 Å². The van der Waals surface area contributed by atoms with Gasteiger partial charge in [0.05, 0.1) is 12.7 Å². The van der Waals surface area contributed by atoms with Gasteiger partial charge in [0.25, 0.3) is 5.91 Å². The van der Waals surface area contributed by atoms with Crippen molar-refractivity contribution in [3.8, 4) is 0 Å². The van der Waals surface area contributed by atoms with Gasteiger partial charge in [0.15, 0.2) is 6.10 Å². The molecule has 0 aliphatic heterocycles. The summed E-state index contributed by atoms with van der Waals surface area (Å²) in [5.41, 5.74) is 1.14. The van der Waals surface area contributed by atoms with Crippen LogP contribution in [0, 0.1) is 0 Å². The van der Waals surface area contributed by atoms with Crippen LogP contribution < -0.4 is 5.32 Å². The summed E-state index contributed by atoms with van der Waals surface area (Å²) in [7, 11) is 1.31. The molecule has 1 aromatic rings. The Labute approximate surface area is 135 Å². The number of rotatable bonds is 7. The minimum absolute atomic E-state index is 0.323. The number of nitrogens with one attached hydrogen (secondary N) is 1. The Hall–Kier alpha value is -2.63. The molecule has 124 valence electrons. The SMILES string of the molecule is CCCNC(=O)[C@H](C)OC(=O)/C=C/c1ccc(C(=O)OC)cc1. The highest BCUT2D eigenvalue weighted by molar-refractivity contribution is 5.91. The molecule has 1 aromatic carbocycles. The van der Waals surface area contributed by atoms with Gasteiger partial charge < -0.3 is 14.8 Å². The monoisotopic (exact) mass is 319 g/mol. The van der Waals surface area contributed by atoms with E-state index < -0.39 is 18.0 Å². The van der Waals surface area contributed by atoms with Gasteiger partial charge in [-0.05, 0) is 37.1 Å². The Morgan fingerprint density at radius 3 is 2.43 bits per heavy atom. The molecule has 0 heterocycles. The maximum atomic E-state index is 11.7. The zero-order chi connectivity index (χ0) is 17.2. The molecule has 0 radical (unpaired) electrons. The fourth-order valence-electron chi connectivity index (χ4n) is 1.67. The highest BCUT2D eigenvalue weighted by atomic mass is 16.5. The van der Waals surface area contributed by atoms with Gasteiger partial charge in [-0.15, -0.1) is 0 Å². The van der Waals surface area contributed by atoms with E-state index in [0.29, 0.717) is 12.1 Å². The zero-order valence-electron chi connectivity index (χ0n) is 13.5. The smallest absolute Gasteiger partial charge is 0.337 e. The average molecular weight is 319 g/mol. The first kappa shape index (κ1) is 18.4. The highest BCUT2D eigenvalue weighted by Crippen LogP contribution is 2.07. The van der Waals surface area contributed by atoms with Crippen molar-refractivity contribution < 1.29 is 23.9 Å². The van der Waals surface area contributed by atoms with Gasteiger partial charge in [0.1, 0.15) is 0 Å². The number of ether oxygens (including phenoxy) is 2. The first-order chi connectivity index (χ1) is 11.0. The molecule has 23 heavy (non-hydrogen) atoms. The highest BCUT2D eigenvalue weighted by Gasteiger charge is 2.15. The van der Waals surface area contributed by atoms with Crippen molar-refractivity contribution in [2.24, 2.45) is 0 Å². The van der Waals surface area contributed by atoms with Crippen LogP contribution in [-0.2, 0) is 19.1 Å². The molecule has 0 saturated heterocycles. The largest absolute Gasteiger partial charge is 0.465 e. The van der Waals surface area contributed by atoms with E-state index in [9.17, 15) is 14.4 Å². The number of carbonyl (C=O) groups excluding carboxylic acids is 3. The van der Waals surface area contributed by atoms with E-state index in [1.165, 1.54) is 20.1 Å². The minimum Gasteiger partial charge on any atom is -0.465 e. The third-order valence-corrected chi connectivity index (χ3v) is 2.96. The van der Waals surface area contributed by atoms with E-state index in [4.69, 9.17) is 4.74 Å². The molecule has 0 saturated carbocycles. The predicted octanol–water partition coefficient (Wildman–Crippen LogP) is 1.94. The van der Waals surface area contributed by atoms with Crippen LogP contribution in [0.2, 0.25) is 0 Å². The topological polar surface area (TPSA) is 81.7 Å². The van der Waals surface area contributed by atoms with Crippen LogP contribution in [0.5, 0.6) is 0 Å². The normalized spacial score (nSPS) is 11.8. The Balaban J connectivity index is 2.54. The lowest BCUT2D eigenvalue weighted by atomic mass is 10.1. The summed E-state index contributed by atoms with van der Waals surface area (Å²) in [6.07, 6.45) is 2.74. The Kier molecular flexibility index (Phi) is 7.53. The van der Waals surface area contributed by atoms with Gasteiger partial charge in [-0.25, -0.2) is 9.59 Å². The Morgan fingerprint density at radius 1 is 1.22 bits per heavy atom. The lowest BCUT2D eigenvalue weighted by Crippen LogP contribution is -2.35. The summed E-state index contributed by atoms with van der Waals surface area (Å²) in [5, 5.41) is 2.65. The number of hydrogen-bond donors (Lipinski definition) is 1. The summed E-state index contributed by atoms with van der Waals surface area (Å²) < 4.78 is 9.60. The molecule has 1 atom stereocenters. The van der Waals surface area contributed by atoms with Crippen molar-refractivity contribution in [2.75, 3.05) is 13.7 Å². The molecule has 6 heteroatoms. The third-order valence-electron chi connectivity index (χ3n) is 2.96. The van der Waals surface area contributed by atoms with Gasteiger partial charge in [-0.2, -0.15) is 0 Å². The molecule has 1 rings (SSSR count). The molecule has 0 aromatic heterocycles. The van der Waals surface area contributed by atoms with Gasteiger partial charge in [-0.1, -0.05) is 19.1 Å². The number of amides is 1. The molecule has 1 N–H and O–H groups in total. The maximum absolute atomic E-state index is 11.7. The maximum Gasteiger partial charge on any atom is 0.337 e. The van der Waals surface area contributed by atoms with Gasteiger partial charge in [-0.3, -0.25) is 4.79 Å². The first-order valence-corrected chi connectivity index (χ1v) is 7.32. The third kappa shape index (κ3) is 6.34. The molecular formula is C17H21NO5. The summed E-state index contributed by atoms with van der Waals surface area (Å²) in [5.74, 6) is -1.36. The average Bonchev–Trinajstić information content (AvgIpc) is 2.57. The van der Waals surface area contributed by atoms with Gasteiger partial charge >= 0.3 is 11.9 Å². The van der Waals surface area contributed by atoms with Crippen LogP contribution in [0.4, 0.5) is 0 Å². The quantitative estimate of drug-likeness (QED) is 0.613. The Morgan fingerprint density at radius 2 is 1.87 bits per heavy atom. The van der Waals surface area contributed by atoms with Crippen molar-refractivity contribution in [1.29, 1.82) is 0 Å². The number of benzene rings is 1. The second-order valence-electron chi connectivity index (χ2n) is 4.82. The van der Waals surface area contributed by atoms with Gasteiger partial charge in [0.2, 0.25) is 0 Å². The second kappa shape index (κ2) is 9.40. The van der Waals surface area contributed by atoms with Crippen molar-refractivity contribution >= 4 is 23.9 Å². The number of esters is 2. The molecule has 0 spiro atoms. The van der Waals surface area contributed by atoms with E-state index in [1.54, 1.807) is 30.3 Å². The summed E-state index contributed by atoms with van der Waals surface area (Å²) >= 11 is 0. The van der Waals surface area contributed by atoms with Crippen molar-refractivity contribution in [1.82, 2.24) is 5.32 Å². The van der Waals surface area contributed by atoms with Gasteiger partial charge in [0, 0.05) is 12.6 Å². The van der Waals surface area contributed by atoms with Crippen molar-refractivity contribution in [2.45, 2.75) is 26.4 Å². The number of methoxy groups -OCH3 is 1. The molecule has 0 unspecified atom stereocenters. The standard InChI is InChI=1S/C17H21NO5/c1-4-11-18-16(20)12(2)23-15(19)10-7-13-5-8-14(9-6-13)17(21)22-3/h5-10,12H,4,11H2,1-3H3,(H,18,20)/b10-7+/t12-/m0/s1. The van der Waals surface area contributed by atoms with Crippen LogP contribution in [-0.4, -0.2) is 37.6 Å². The van der Waals surface area contributed by atoms with E-state index in [1.807, 2.05) is 6.92 Å². The van der Waals surface area contributed by atoms with Crippen molar-refractivity contribution in [3.05, 3.63) is 41.5 Å². The fraction of sp³-hybridized carbons (Fsp3) is 0.353. The second-order valence-corrected chi connectivity index (χ2v) is 4.82. The van der Waals surface area contributed by atoms with E-state index in [-0.39, 0.29) is 5.91 Å². The summed E-state index contributed by atoms with van der Waals surface area (Å²) in [4.78, 5) is 34.5. The first-order valence-electron chi connectivity index (χ1n) is 7.32. The molecule has 0 fully saturated rings. The molecule has 0 aliphatic rings. The van der Waals surface area contributed by atoms with Crippen LogP contribution in [0.1, 0.15) is 36.2 Å². The van der Waals surface area contributed by atoms with E-state index in [2.05, 4.69) is 10.1 Å². The minimum atomic E-state index is -0.847. The van der Waals surface area contributed by atoms with Crippen LogP contribution >= 0.6 is 0 Å².